The third kappa shape index (κ3) is 14.3. The number of cyclic esters (lactones) is 2. The van der Waals surface area contributed by atoms with Crippen LogP contribution in [-0.2, 0) is 42.7 Å². The van der Waals surface area contributed by atoms with Crippen molar-refractivity contribution in [3.8, 4) is 11.5 Å². The van der Waals surface area contributed by atoms with Crippen LogP contribution in [0.25, 0.3) is 12.2 Å². The van der Waals surface area contributed by atoms with E-state index in [-0.39, 0.29) is 61.0 Å². The molecule has 10 atom stereocenters. The standard InChI is InChI=1S/C26H35BNO8.C25H35NO6/c1-16-10-11-20(30)24-21(35-26(3,4)36-24)9-7-8-18-12-19(28(5)27-14-29)13-22(33-15-32-6)23(18)25(31)34-17(16)2;1-15-10-11-16(2)23-20(31-25(4,5)32-23)9-7-8-18-12-19(26)13-21(29-14-28-6)22(18)24(27)30-17(15)3/h7-8,10-14,16-17,20-21,24,30H,9,15H2,1-6H3;7-8,10-13,15-17,20,23H,9,14,26H2,1-6H3/b2*8-7+,11-10-/t16-,17+,20?,21+,24?;15-,16?,17+,20+,23?/m11/s1. The summed E-state index contributed by atoms with van der Waals surface area (Å²) in [4.78, 5) is 39.2. The summed E-state index contributed by atoms with van der Waals surface area (Å²) < 4.78 is 57.5. The Morgan fingerprint density at radius 2 is 1.18 bits per heavy atom. The first-order valence-electron chi connectivity index (χ1n) is 23.0. The van der Waals surface area contributed by atoms with Crippen molar-refractivity contribution < 1.29 is 66.9 Å². The first-order valence-corrected chi connectivity index (χ1v) is 23.0. The second-order valence-corrected chi connectivity index (χ2v) is 18.5. The van der Waals surface area contributed by atoms with Gasteiger partial charge in [-0.1, -0.05) is 69.4 Å². The van der Waals surface area contributed by atoms with E-state index in [2.05, 4.69) is 19.1 Å². The summed E-state index contributed by atoms with van der Waals surface area (Å²) in [5.74, 6) is -1.96. The zero-order chi connectivity index (χ0) is 49.9. The summed E-state index contributed by atoms with van der Waals surface area (Å²) in [5, 5.41) is 10.8. The van der Waals surface area contributed by atoms with Crippen LogP contribution in [0.5, 0.6) is 11.5 Å². The fraction of sp³-hybridized carbons (Fsp3) is 0.549. The topological polar surface area (TPSA) is 193 Å². The molecule has 0 aliphatic carbocycles. The van der Waals surface area contributed by atoms with E-state index in [4.69, 9.17) is 53.1 Å². The van der Waals surface area contributed by atoms with Crippen LogP contribution < -0.4 is 20.0 Å². The first kappa shape index (κ1) is 53.9. The van der Waals surface area contributed by atoms with Crippen molar-refractivity contribution >= 4 is 49.1 Å². The molecule has 1 radical (unpaired) electrons. The molecule has 17 heteroatoms. The number of anilines is 2. The van der Waals surface area contributed by atoms with E-state index >= 15 is 0 Å². The van der Waals surface area contributed by atoms with E-state index in [0.717, 1.165) is 0 Å². The van der Waals surface area contributed by atoms with E-state index in [0.29, 0.717) is 52.8 Å². The van der Waals surface area contributed by atoms with Gasteiger partial charge in [0.05, 0.1) is 18.3 Å². The molecular formula is C51H70BN2O14. The lowest BCUT2D eigenvalue weighted by atomic mass is 9.93. The molecule has 3 N–H and O–H groups in total. The van der Waals surface area contributed by atoms with Gasteiger partial charge in [0.2, 0.25) is 0 Å². The number of fused-ring (bicyclic) bond motifs is 4. The minimum Gasteiger partial charge on any atom is -0.467 e. The highest BCUT2D eigenvalue weighted by Crippen LogP contribution is 2.38. The maximum absolute atomic E-state index is 13.4. The minimum absolute atomic E-state index is 0.00856. The van der Waals surface area contributed by atoms with E-state index in [1.165, 1.54) is 21.6 Å². The van der Waals surface area contributed by atoms with Crippen LogP contribution in [-0.4, -0.2) is 120 Å². The summed E-state index contributed by atoms with van der Waals surface area (Å²) in [6.45, 7) is 17.1. The van der Waals surface area contributed by atoms with Crippen LogP contribution in [0.4, 0.5) is 11.4 Å². The Labute approximate surface area is 401 Å². The number of aliphatic hydroxyl groups excluding tert-OH is 1. The molecule has 371 valence electrons. The smallest absolute Gasteiger partial charge is 0.342 e. The average molecular weight is 946 g/mol. The first-order chi connectivity index (χ1) is 32.2. The number of hydrogen-bond acceptors (Lipinski definition) is 16. The number of nitrogen functional groups attached to an aromatic ring is 1. The Balaban J connectivity index is 0.000000256. The molecule has 0 aromatic heterocycles. The van der Waals surface area contributed by atoms with Gasteiger partial charge in [-0.05, 0) is 84.7 Å². The Kier molecular flexibility index (Phi) is 19.1. The predicted molar refractivity (Wildman–Crippen MR) is 260 cm³/mol. The molecule has 6 rings (SSSR count). The summed E-state index contributed by atoms with van der Waals surface area (Å²) in [5.41, 5.74) is 8.92. The molecule has 0 spiro atoms. The van der Waals surface area contributed by atoms with Crippen molar-refractivity contribution in [3.05, 3.63) is 83.0 Å². The Bertz CT molecular complexity index is 2170. The van der Waals surface area contributed by atoms with Gasteiger partial charge in [-0.25, -0.2) is 9.59 Å². The molecule has 2 aromatic rings. The van der Waals surface area contributed by atoms with E-state index in [9.17, 15) is 19.5 Å². The molecule has 4 heterocycles. The lowest BCUT2D eigenvalue weighted by Gasteiger charge is -2.24. The Morgan fingerprint density at radius 1 is 0.706 bits per heavy atom. The average Bonchev–Trinajstić information content (AvgIpc) is 3.77. The number of carbonyl (C=O) groups excluding carboxylic acids is 3. The number of benzene rings is 2. The summed E-state index contributed by atoms with van der Waals surface area (Å²) >= 11 is 0. The molecule has 2 aromatic carbocycles. The minimum atomic E-state index is -0.890. The van der Waals surface area contributed by atoms with Gasteiger partial charge in [0.1, 0.15) is 53.2 Å². The fourth-order valence-electron chi connectivity index (χ4n) is 8.16. The molecule has 16 nitrogen and oxygen atoms in total. The molecule has 4 aliphatic rings. The number of rotatable bonds is 9. The Hall–Kier alpha value is -5.01. The quantitative estimate of drug-likeness (QED) is 0.0626. The maximum Gasteiger partial charge on any atom is 0.342 e. The molecule has 2 saturated heterocycles. The molecule has 4 unspecified atom stereocenters. The normalized spacial score (nSPS) is 30.8. The van der Waals surface area contributed by atoms with Crippen LogP contribution >= 0.6 is 0 Å². The zero-order valence-corrected chi connectivity index (χ0v) is 41.5. The Morgan fingerprint density at radius 3 is 1.71 bits per heavy atom. The van der Waals surface area contributed by atoms with Crippen molar-refractivity contribution in [2.24, 2.45) is 17.8 Å². The summed E-state index contributed by atoms with van der Waals surface area (Å²) in [6, 6.07) is 6.78. The zero-order valence-electron chi connectivity index (χ0n) is 41.5. The number of nitrogens with two attached hydrogens (primary N) is 1. The number of nitrogens with zero attached hydrogens (tertiary/aromatic N) is 1. The second kappa shape index (κ2) is 24.0. The highest BCUT2D eigenvalue weighted by molar-refractivity contribution is 6.70. The maximum atomic E-state index is 13.4. The SMILES string of the molecule is COCOc1cc(N(C)[B]C=O)cc2c1C(=O)O[C@@H](C)[C@H](C)/C=C\C(O)C1OC(C)(C)O[C@H]1C/C=C/2.COCOc1cc(N)cc2c1C(=O)O[C@@H](C)[C@H](C)/C=C\C(C)C1OC(C)(C)O[C@H]1C/C=C/2. The molecule has 0 bridgehead atoms. The summed E-state index contributed by atoms with van der Waals surface area (Å²) in [7, 11) is 6.08. The third-order valence-electron chi connectivity index (χ3n) is 12.1. The van der Waals surface area contributed by atoms with Gasteiger partial charge < -0.3 is 67.8 Å². The van der Waals surface area contributed by atoms with E-state index in [1.807, 2.05) is 72.8 Å². The number of methoxy groups -OCH3 is 2. The van der Waals surface area contributed by atoms with Crippen molar-refractivity contribution in [3.63, 3.8) is 0 Å². The van der Waals surface area contributed by atoms with Gasteiger partial charge in [0.25, 0.3) is 0 Å². The number of aliphatic hydroxyl groups is 1. The summed E-state index contributed by atoms with van der Waals surface area (Å²) in [6.07, 6.45) is 14.0. The molecule has 68 heavy (non-hydrogen) atoms. The van der Waals surface area contributed by atoms with Gasteiger partial charge in [-0.2, -0.15) is 0 Å². The van der Waals surface area contributed by atoms with Gasteiger partial charge in [-0.3, -0.25) is 0 Å². The van der Waals surface area contributed by atoms with Crippen molar-refractivity contribution in [1.29, 1.82) is 0 Å². The van der Waals surface area contributed by atoms with Crippen LogP contribution in [0.1, 0.15) is 107 Å². The van der Waals surface area contributed by atoms with Crippen LogP contribution in [0.15, 0.2) is 60.7 Å². The lowest BCUT2D eigenvalue weighted by Crippen LogP contribution is -2.34. The van der Waals surface area contributed by atoms with E-state index < -0.39 is 47.9 Å². The van der Waals surface area contributed by atoms with Crippen LogP contribution in [0, 0.1) is 17.8 Å². The highest BCUT2D eigenvalue weighted by atomic mass is 16.8. The molecule has 0 saturated carbocycles. The van der Waals surface area contributed by atoms with Crippen LogP contribution in [0.2, 0.25) is 0 Å². The number of carbonyl (C=O) groups is 3. The molecule has 4 aliphatic heterocycles. The van der Waals surface area contributed by atoms with Crippen LogP contribution in [0.3, 0.4) is 0 Å². The molecule has 2 fully saturated rings. The van der Waals surface area contributed by atoms with E-state index in [1.54, 1.807) is 55.2 Å². The molecule has 0 amide bonds. The van der Waals surface area contributed by atoms with Gasteiger partial charge in [0, 0.05) is 55.5 Å². The largest absolute Gasteiger partial charge is 0.467 e. The predicted octanol–water partition coefficient (Wildman–Crippen LogP) is 7.51. The van der Waals surface area contributed by atoms with Gasteiger partial charge >= 0.3 is 19.4 Å². The lowest BCUT2D eigenvalue weighted by molar-refractivity contribution is -0.152. The van der Waals surface area contributed by atoms with Crippen molar-refractivity contribution in [2.45, 2.75) is 129 Å². The number of ether oxygens (including phenoxy) is 10. The second-order valence-electron chi connectivity index (χ2n) is 18.5. The third-order valence-corrected chi connectivity index (χ3v) is 12.1. The monoisotopic (exact) mass is 945 g/mol. The van der Waals surface area contributed by atoms with Crippen molar-refractivity contribution in [2.75, 3.05) is 45.4 Å². The van der Waals surface area contributed by atoms with Gasteiger partial charge in [0.15, 0.2) is 25.2 Å². The number of hydrogen-bond donors (Lipinski definition) is 2. The fourth-order valence-corrected chi connectivity index (χ4v) is 8.16. The highest BCUT2D eigenvalue weighted by Gasteiger charge is 2.44. The van der Waals surface area contributed by atoms with Gasteiger partial charge in [-0.15, -0.1) is 0 Å². The number of esters is 2. The molecular weight excluding hydrogens is 875 g/mol. The van der Waals surface area contributed by atoms with Crippen molar-refractivity contribution in [1.82, 2.24) is 0 Å².